The van der Waals surface area contributed by atoms with Crippen molar-refractivity contribution in [1.82, 2.24) is 0 Å². The van der Waals surface area contributed by atoms with Crippen molar-refractivity contribution in [3.8, 4) is 0 Å². The van der Waals surface area contributed by atoms with Gasteiger partial charge in [-0.3, -0.25) is 0 Å². The van der Waals surface area contributed by atoms with Crippen LogP contribution >= 0.6 is 0 Å². The van der Waals surface area contributed by atoms with Gasteiger partial charge in [0, 0.05) is 0 Å². The molecule has 0 aromatic rings. The second kappa shape index (κ2) is 6.56. The Morgan fingerprint density at radius 2 is 0.727 bits per heavy atom. The number of hydrogen-bond donors (Lipinski definition) is 0. The molecule has 0 heterocycles. The Kier molecular flexibility index (Phi) is 6.02. The Bertz CT molecular complexity index is 311. The Morgan fingerprint density at radius 1 is 0.500 bits per heavy atom. The molecule has 1 aliphatic rings. The zero-order valence-corrected chi connectivity index (χ0v) is 17.4. The molecule has 0 atom stereocenters. The first-order valence-electron chi connectivity index (χ1n) is 9.66. The zero-order chi connectivity index (χ0) is 17.4. The third-order valence-corrected chi connectivity index (χ3v) is 7.62. The molecule has 1 fully saturated rings. The van der Waals surface area contributed by atoms with Gasteiger partial charge in [0.25, 0.3) is 0 Å². The van der Waals surface area contributed by atoms with Gasteiger partial charge in [0.05, 0.1) is 0 Å². The molecule has 1 aliphatic carbocycles. The minimum absolute atomic E-state index is 0.415. The SMILES string of the molecule is CC(C)(C)C(C)(C)BC1CCC(BC(C)(C)C(C)(C)C)CC1. The lowest BCUT2D eigenvalue weighted by atomic mass is 9.34. The van der Waals surface area contributed by atoms with Crippen LogP contribution in [0.1, 0.15) is 94.9 Å². The molecule has 22 heavy (non-hydrogen) atoms. The van der Waals surface area contributed by atoms with E-state index in [1.165, 1.54) is 40.2 Å². The second-order valence-electron chi connectivity index (χ2n) is 11.6. The molecule has 1 saturated carbocycles. The number of rotatable bonds is 4. The van der Waals surface area contributed by atoms with Gasteiger partial charge in [-0.2, -0.15) is 0 Å². The fraction of sp³-hybridized carbons (Fsp3) is 1.00. The summed E-state index contributed by atoms with van der Waals surface area (Å²) < 4.78 is 0. The van der Waals surface area contributed by atoms with Crippen LogP contribution in [0.3, 0.4) is 0 Å². The molecule has 0 unspecified atom stereocenters. The van der Waals surface area contributed by atoms with E-state index in [0.29, 0.717) is 21.5 Å². The highest BCUT2D eigenvalue weighted by Gasteiger charge is 2.39. The van der Waals surface area contributed by atoms with E-state index in [2.05, 4.69) is 69.2 Å². The van der Waals surface area contributed by atoms with E-state index in [1.54, 1.807) is 0 Å². The minimum atomic E-state index is 0.415. The molecule has 0 nitrogen and oxygen atoms in total. The van der Waals surface area contributed by atoms with Crippen molar-refractivity contribution >= 4 is 14.6 Å². The van der Waals surface area contributed by atoms with Gasteiger partial charge in [-0.15, -0.1) is 0 Å². The van der Waals surface area contributed by atoms with E-state index in [9.17, 15) is 0 Å². The summed E-state index contributed by atoms with van der Waals surface area (Å²) in [6.07, 6.45) is 5.85. The zero-order valence-electron chi connectivity index (χ0n) is 17.4. The molecule has 0 N–H and O–H groups in total. The van der Waals surface area contributed by atoms with Gasteiger partial charge in [0.15, 0.2) is 0 Å². The number of hydrogen-bond acceptors (Lipinski definition) is 0. The largest absolute Gasteiger partial charge is 0.131 e. The molecule has 0 aromatic heterocycles. The molecule has 0 saturated heterocycles. The highest BCUT2D eigenvalue weighted by atomic mass is 14.3. The highest BCUT2D eigenvalue weighted by molar-refractivity contribution is 6.43. The molecule has 0 amide bonds. The third kappa shape index (κ3) is 5.07. The van der Waals surface area contributed by atoms with Gasteiger partial charge in [0.2, 0.25) is 0 Å². The molecule has 0 aliphatic heterocycles. The lowest BCUT2D eigenvalue weighted by Crippen LogP contribution is -2.34. The minimum Gasteiger partial charge on any atom is -0.0663 e. The van der Waals surface area contributed by atoms with Crippen molar-refractivity contribution in [3.05, 3.63) is 0 Å². The predicted octanol–water partition coefficient (Wildman–Crippen LogP) is 6.50. The van der Waals surface area contributed by atoms with Crippen molar-refractivity contribution in [2.75, 3.05) is 0 Å². The second-order valence-corrected chi connectivity index (χ2v) is 11.6. The Balaban J connectivity index is 2.51. The monoisotopic (exact) mass is 304 g/mol. The van der Waals surface area contributed by atoms with Crippen LogP contribution in [-0.2, 0) is 0 Å². The highest BCUT2D eigenvalue weighted by Crippen LogP contribution is 2.51. The standard InChI is InChI=1S/C20H42B2/c1-17(2,3)19(7,8)21-15-11-13-16(14-12-15)22-20(9,10)18(4,5)6/h15-16,21-22H,11-14H2,1-10H3. The summed E-state index contributed by atoms with van der Waals surface area (Å²) in [7, 11) is 2.82. The van der Waals surface area contributed by atoms with Crippen LogP contribution in [0.15, 0.2) is 0 Å². The van der Waals surface area contributed by atoms with Gasteiger partial charge in [-0.25, -0.2) is 0 Å². The summed E-state index contributed by atoms with van der Waals surface area (Å²) in [5.74, 6) is 1.92. The van der Waals surface area contributed by atoms with Crippen molar-refractivity contribution in [1.29, 1.82) is 0 Å². The lowest BCUT2D eigenvalue weighted by Gasteiger charge is -2.44. The summed E-state index contributed by atoms with van der Waals surface area (Å²) in [5.41, 5.74) is 0.830. The van der Waals surface area contributed by atoms with Crippen molar-refractivity contribution in [3.63, 3.8) is 0 Å². The molecule has 128 valence electrons. The van der Waals surface area contributed by atoms with E-state index >= 15 is 0 Å². The fourth-order valence-corrected chi connectivity index (χ4v) is 3.70. The average molecular weight is 304 g/mol. The summed E-state index contributed by atoms with van der Waals surface area (Å²) in [6, 6.07) is 0. The topological polar surface area (TPSA) is 0 Å². The first-order valence-corrected chi connectivity index (χ1v) is 9.66. The Morgan fingerprint density at radius 3 is 0.909 bits per heavy atom. The molecule has 0 aromatic carbocycles. The van der Waals surface area contributed by atoms with Crippen LogP contribution < -0.4 is 0 Å². The van der Waals surface area contributed by atoms with E-state index < -0.39 is 0 Å². The molecule has 2 heteroatoms. The maximum Gasteiger partial charge on any atom is 0.131 e. The quantitative estimate of drug-likeness (QED) is 0.520. The molecule has 0 bridgehead atoms. The molecule has 1 rings (SSSR count). The lowest BCUT2D eigenvalue weighted by molar-refractivity contribution is 0.288. The van der Waals surface area contributed by atoms with Crippen molar-refractivity contribution < 1.29 is 0 Å². The first-order chi connectivity index (χ1) is 9.66. The van der Waals surface area contributed by atoms with Crippen LogP contribution in [0.25, 0.3) is 0 Å². The first kappa shape index (κ1) is 20.2. The van der Waals surface area contributed by atoms with Crippen LogP contribution in [0.2, 0.25) is 22.3 Å². The van der Waals surface area contributed by atoms with Gasteiger partial charge in [-0.1, -0.05) is 117 Å². The summed E-state index contributed by atoms with van der Waals surface area (Å²) in [6.45, 7) is 24.3. The average Bonchev–Trinajstić information content (AvgIpc) is 2.28. The van der Waals surface area contributed by atoms with Crippen LogP contribution in [0, 0.1) is 10.8 Å². The van der Waals surface area contributed by atoms with E-state index in [-0.39, 0.29) is 0 Å². The van der Waals surface area contributed by atoms with E-state index in [1.807, 2.05) is 0 Å². The van der Waals surface area contributed by atoms with Crippen LogP contribution in [-0.4, -0.2) is 14.6 Å². The summed E-state index contributed by atoms with van der Waals surface area (Å²) in [5, 5.41) is 0.907. The van der Waals surface area contributed by atoms with Crippen molar-refractivity contribution in [2.45, 2.75) is 117 Å². The maximum absolute atomic E-state index is 2.47. The van der Waals surface area contributed by atoms with E-state index in [0.717, 1.165) is 11.6 Å². The van der Waals surface area contributed by atoms with Gasteiger partial charge < -0.3 is 0 Å². The van der Waals surface area contributed by atoms with Crippen molar-refractivity contribution in [2.24, 2.45) is 10.8 Å². The van der Waals surface area contributed by atoms with Gasteiger partial charge in [0.1, 0.15) is 14.6 Å². The Hall–Kier alpha value is 0.130. The normalized spacial score (nSPS) is 25.0. The van der Waals surface area contributed by atoms with Crippen LogP contribution in [0.5, 0.6) is 0 Å². The summed E-state index contributed by atoms with van der Waals surface area (Å²) >= 11 is 0. The van der Waals surface area contributed by atoms with Gasteiger partial charge in [-0.05, 0) is 10.8 Å². The fourth-order valence-electron chi connectivity index (χ4n) is 3.70. The molecule has 0 radical (unpaired) electrons. The molecule has 0 spiro atoms. The molecular formula is C20H42B2. The van der Waals surface area contributed by atoms with E-state index in [4.69, 9.17) is 0 Å². The van der Waals surface area contributed by atoms with Crippen LogP contribution in [0.4, 0.5) is 0 Å². The molecular weight excluding hydrogens is 262 g/mol. The Labute approximate surface area is 143 Å². The third-order valence-electron chi connectivity index (χ3n) is 7.62. The van der Waals surface area contributed by atoms with Gasteiger partial charge >= 0.3 is 0 Å². The predicted molar refractivity (Wildman–Crippen MR) is 107 cm³/mol. The smallest absolute Gasteiger partial charge is 0.0663 e. The maximum atomic E-state index is 2.47. The summed E-state index contributed by atoms with van der Waals surface area (Å²) in [4.78, 5) is 0.